The summed E-state index contributed by atoms with van der Waals surface area (Å²) in [6, 6.07) is -0.172. The summed E-state index contributed by atoms with van der Waals surface area (Å²) < 4.78 is 13.8. The second-order valence-electron chi connectivity index (χ2n) is 7.65. The van der Waals surface area contributed by atoms with Crippen LogP contribution in [0.15, 0.2) is 10.2 Å². The SMILES string of the molecule is CCCSc1nc(SCCC)c2nnn(C3CC(O)C4OC(C)(C)OC43)c2n1. The number of hydrogen-bond acceptors (Lipinski definition) is 9. The second kappa shape index (κ2) is 8.06. The maximum Gasteiger partial charge on any atom is 0.190 e. The van der Waals surface area contributed by atoms with Gasteiger partial charge in [0.05, 0.1) is 12.1 Å². The van der Waals surface area contributed by atoms with Crippen molar-refractivity contribution in [2.75, 3.05) is 11.5 Å². The van der Waals surface area contributed by atoms with Crippen molar-refractivity contribution in [2.45, 2.75) is 87.3 Å². The first-order chi connectivity index (χ1) is 13.4. The van der Waals surface area contributed by atoms with Crippen LogP contribution in [0.1, 0.15) is 53.0 Å². The van der Waals surface area contributed by atoms with E-state index < -0.39 is 11.9 Å². The van der Waals surface area contributed by atoms with Crippen molar-refractivity contribution in [3.63, 3.8) is 0 Å². The van der Waals surface area contributed by atoms with Crippen LogP contribution in [0.3, 0.4) is 0 Å². The molecule has 2 aromatic rings. The highest BCUT2D eigenvalue weighted by Gasteiger charge is 2.55. The summed E-state index contributed by atoms with van der Waals surface area (Å²) in [4.78, 5) is 9.47. The summed E-state index contributed by atoms with van der Waals surface area (Å²) in [7, 11) is 0. The van der Waals surface area contributed by atoms with Gasteiger partial charge in [-0.15, -0.1) is 16.9 Å². The second-order valence-corrected chi connectivity index (χ2v) is 9.80. The molecule has 8 nitrogen and oxygen atoms in total. The maximum atomic E-state index is 10.5. The molecule has 0 aromatic carbocycles. The molecule has 1 aliphatic heterocycles. The van der Waals surface area contributed by atoms with Crippen LogP contribution in [0.4, 0.5) is 0 Å². The first-order valence-electron chi connectivity index (χ1n) is 9.85. The number of aliphatic hydroxyl groups is 1. The van der Waals surface area contributed by atoms with Crippen LogP contribution in [-0.4, -0.2) is 65.7 Å². The fourth-order valence-corrected chi connectivity index (χ4v) is 5.30. The summed E-state index contributed by atoms with van der Waals surface area (Å²) in [6.07, 6.45) is 1.39. The summed E-state index contributed by atoms with van der Waals surface area (Å²) in [5.41, 5.74) is 1.42. The lowest BCUT2D eigenvalue weighted by Gasteiger charge is -2.22. The van der Waals surface area contributed by atoms with E-state index in [9.17, 15) is 5.11 Å². The minimum atomic E-state index is -0.718. The van der Waals surface area contributed by atoms with Gasteiger partial charge in [0.1, 0.15) is 17.2 Å². The molecule has 0 radical (unpaired) electrons. The molecule has 0 bridgehead atoms. The molecule has 2 aliphatic rings. The zero-order valence-electron chi connectivity index (χ0n) is 16.7. The normalized spacial score (nSPS) is 28.9. The molecule has 4 rings (SSSR count). The topological polar surface area (TPSA) is 95.2 Å². The molecule has 10 heteroatoms. The Morgan fingerprint density at radius 1 is 1.11 bits per heavy atom. The Labute approximate surface area is 173 Å². The summed E-state index contributed by atoms with van der Waals surface area (Å²) in [5.74, 6) is 1.21. The van der Waals surface area contributed by atoms with E-state index in [2.05, 4.69) is 24.2 Å². The minimum absolute atomic E-state index is 0.172. The molecule has 28 heavy (non-hydrogen) atoms. The van der Waals surface area contributed by atoms with Crippen molar-refractivity contribution in [1.29, 1.82) is 0 Å². The number of aromatic nitrogens is 5. The number of nitrogens with zero attached hydrogens (tertiary/aromatic N) is 5. The fourth-order valence-electron chi connectivity index (χ4n) is 3.73. The van der Waals surface area contributed by atoms with Gasteiger partial charge in [0, 0.05) is 12.2 Å². The highest BCUT2D eigenvalue weighted by molar-refractivity contribution is 7.99. The summed E-state index contributed by atoms with van der Waals surface area (Å²) in [6.45, 7) is 8.03. The lowest BCUT2D eigenvalue weighted by Crippen LogP contribution is -2.29. The lowest BCUT2D eigenvalue weighted by atomic mass is 10.2. The van der Waals surface area contributed by atoms with Crippen LogP contribution in [0.5, 0.6) is 0 Å². The molecule has 154 valence electrons. The number of aliphatic hydroxyl groups excluding tert-OH is 1. The number of thioether (sulfide) groups is 2. The molecule has 4 unspecified atom stereocenters. The molecule has 1 aliphatic carbocycles. The van der Waals surface area contributed by atoms with Crippen LogP contribution in [-0.2, 0) is 9.47 Å². The quantitative estimate of drug-likeness (QED) is 0.408. The molecule has 1 saturated heterocycles. The first kappa shape index (κ1) is 20.3. The molecular formula is C18H27N5O3S2. The van der Waals surface area contributed by atoms with Gasteiger partial charge in [0.25, 0.3) is 0 Å². The summed E-state index contributed by atoms with van der Waals surface area (Å²) >= 11 is 3.34. The van der Waals surface area contributed by atoms with Gasteiger partial charge in [-0.1, -0.05) is 30.8 Å². The van der Waals surface area contributed by atoms with E-state index in [4.69, 9.17) is 19.4 Å². The third-order valence-electron chi connectivity index (χ3n) is 4.87. The van der Waals surface area contributed by atoms with Crippen LogP contribution in [0.2, 0.25) is 0 Å². The predicted octanol–water partition coefficient (Wildman–Crippen LogP) is 3.05. The monoisotopic (exact) mass is 425 g/mol. The predicted molar refractivity (Wildman–Crippen MR) is 109 cm³/mol. The number of fused-ring (bicyclic) bond motifs is 2. The van der Waals surface area contributed by atoms with Gasteiger partial charge in [0.2, 0.25) is 0 Å². The van der Waals surface area contributed by atoms with Gasteiger partial charge in [0.15, 0.2) is 22.1 Å². The Morgan fingerprint density at radius 2 is 1.82 bits per heavy atom. The third-order valence-corrected chi connectivity index (χ3v) is 7.09. The Kier molecular flexibility index (Phi) is 5.85. The standard InChI is InChI=1S/C18H27N5O3S2/c1-5-7-27-16-12-15(19-17(20-16)28-8-6-2)23(22-21-12)10-9-11(24)14-13(10)25-18(3,4)26-14/h10-11,13-14,24H,5-9H2,1-4H3. The number of ether oxygens (including phenoxy) is 2. The van der Waals surface area contributed by atoms with Gasteiger partial charge in [-0.05, 0) is 32.4 Å². The maximum absolute atomic E-state index is 10.5. The van der Waals surface area contributed by atoms with Crippen LogP contribution in [0, 0.1) is 0 Å². The van der Waals surface area contributed by atoms with Crippen molar-refractivity contribution in [2.24, 2.45) is 0 Å². The van der Waals surface area contributed by atoms with Crippen molar-refractivity contribution < 1.29 is 14.6 Å². The Hall–Kier alpha value is -0.940. The zero-order chi connectivity index (χ0) is 19.9. The van der Waals surface area contributed by atoms with Crippen molar-refractivity contribution >= 4 is 34.7 Å². The first-order valence-corrected chi connectivity index (χ1v) is 11.8. The number of rotatable bonds is 7. The Morgan fingerprint density at radius 3 is 2.57 bits per heavy atom. The number of hydrogen-bond donors (Lipinski definition) is 1. The van der Waals surface area contributed by atoms with Crippen molar-refractivity contribution in [3.8, 4) is 0 Å². The molecule has 0 amide bonds. The van der Waals surface area contributed by atoms with Gasteiger partial charge in [-0.3, -0.25) is 0 Å². The molecular weight excluding hydrogens is 398 g/mol. The average molecular weight is 426 g/mol. The van der Waals surface area contributed by atoms with Crippen molar-refractivity contribution in [3.05, 3.63) is 0 Å². The largest absolute Gasteiger partial charge is 0.390 e. The molecule has 4 atom stereocenters. The van der Waals surface area contributed by atoms with Gasteiger partial charge >= 0.3 is 0 Å². The van der Waals surface area contributed by atoms with Crippen LogP contribution < -0.4 is 0 Å². The molecule has 1 saturated carbocycles. The van der Waals surface area contributed by atoms with E-state index in [1.54, 1.807) is 23.5 Å². The molecule has 2 fully saturated rings. The van der Waals surface area contributed by atoms with Crippen molar-refractivity contribution in [1.82, 2.24) is 25.0 Å². The molecule has 2 aromatic heterocycles. The molecule has 0 spiro atoms. The lowest BCUT2D eigenvalue weighted by molar-refractivity contribution is -0.165. The average Bonchev–Trinajstić information content (AvgIpc) is 3.30. The summed E-state index contributed by atoms with van der Waals surface area (Å²) in [5, 5.41) is 20.9. The fraction of sp³-hybridized carbons (Fsp3) is 0.778. The highest BCUT2D eigenvalue weighted by Crippen LogP contribution is 2.44. The minimum Gasteiger partial charge on any atom is -0.390 e. The smallest absolute Gasteiger partial charge is 0.190 e. The third kappa shape index (κ3) is 3.77. The van der Waals surface area contributed by atoms with E-state index in [0.29, 0.717) is 12.1 Å². The van der Waals surface area contributed by atoms with Crippen LogP contribution in [0.25, 0.3) is 11.2 Å². The van der Waals surface area contributed by atoms with E-state index >= 15 is 0 Å². The molecule has 1 N–H and O–H groups in total. The van der Waals surface area contributed by atoms with Crippen LogP contribution >= 0.6 is 23.5 Å². The van der Waals surface area contributed by atoms with E-state index in [-0.39, 0.29) is 18.2 Å². The highest BCUT2D eigenvalue weighted by atomic mass is 32.2. The van der Waals surface area contributed by atoms with E-state index in [1.807, 2.05) is 18.5 Å². The zero-order valence-corrected chi connectivity index (χ0v) is 18.3. The van der Waals surface area contributed by atoms with Gasteiger partial charge < -0.3 is 14.6 Å². The van der Waals surface area contributed by atoms with E-state index in [1.165, 1.54) is 0 Å². The van der Waals surface area contributed by atoms with Gasteiger partial charge in [-0.25, -0.2) is 14.6 Å². The van der Waals surface area contributed by atoms with E-state index in [0.717, 1.165) is 40.0 Å². The molecule has 3 heterocycles. The Balaban J connectivity index is 1.73. The Bertz CT molecular complexity index is 846. The van der Waals surface area contributed by atoms with Gasteiger partial charge in [-0.2, -0.15) is 0 Å².